The Balaban J connectivity index is 2.30. The van der Waals surface area contributed by atoms with Gasteiger partial charge in [0.15, 0.2) is 0 Å². The van der Waals surface area contributed by atoms with E-state index in [2.05, 4.69) is 28.6 Å². The summed E-state index contributed by atoms with van der Waals surface area (Å²) in [6.07, 6.45) is 0. The minimum absolute atomic E-state index is 0.0682. The zero-order valence-electron chi connectivity index (χ0n) is 10.7. The number of halogens is 1. The summed E-state index contributed by atoms with van der Waals surface area (Å²) < 4.78 is 0.909. The zero-order valence-corrected chi connectivity index (χ0v) is 13.2. The Bertz CT molecular complexity index is 610. The van der Waals surface area contributed by atoms with Crippen molar-refractivity contribution in [2.45, 2.75) is 11.8 Å². The SMILES string of the molecule is Cc1ccc(N(C)C(=O)c2ccc(Br)cc2S)cc1. The number of nitrogens with zero attached hydrogens (tertiary/aromatic N) is 1. The van der Waals surface area contributed by atoms with Crippen LogP contribution in [0, 0.1) is 6.92 Å². The van der Waals surface area contributed by atoms with E-state index in [0.29, 0.717) is 10.5 Å². The van der Waals surface area contributed by atoms with Crippen LogP contribution in [0.3, 0.4) is 0 Å². The molecule has 0 saturated carbocycles. The number of aryl methyl sites for hydroxylation is 1. The average Bonchev–Trinajstić information content (AvgIpc) is 2.38. The predicted octanol–water partition coefficient (Wildman–Crippen LogP) is 4.32. The second-order valence-corrected chi connectivity index (χ2v) is 5.76. The fourth-order valence-electron chi connectivity index (χ4n) is 1.75. The number of carbonyl (C=O) groups excluding carboxylic acids is 1. The molecule has 0 aliphatic carbocycles. The molecule has 98 valence electrons. The minimum Gasteiger partial charge on any atom is -0.311 e. The van der Waals surface area contributed by atoms with Crippen LogP contribution in [0.15, 0.2) is 51.8 Å². The van der Waals surface area contributed by atoms with Crippen LogP contribution in [0.5, 0.6) is 0 Å². The first kappa shape index (κ1) is 14.2. The molecule has 0 atom stereocenters. The van der Waals surface area contributed by atoms with E-state index in [1.165, 1.54) is 5.56 Å². The van der Waals surface area contributed by atoms with E-state index in [9.17, 15) is 4.79 Å². The molecule has 0 spiro atoms. The second kappa shape index (κ2) is 5.80. The number of hydrogen-bond acceptors (Lipinski definition) is 2. The summed E-state index contributed by atoms with van der Waals surface area (Å²) >= 11 is 7.71. The fraction of sp³-hybridized carbons (Fsp3) is 0.133. The van der Waals surface area contributed by atoms with Crippen molar-refractivity contribution < 1.29 is 4.79 Å². The highest BCUT2D eigenvalue weighted by atomic mass is 79.9. The lowest BCUT2D eigenvalue weighted by atomic mass is 10.1. The maximum absolute atomic E-state index is 12.4. The quantitative estimate of drug-likeness (QED) is 0.810. The van der Waals surface area contributed by atoms with Gasteiger partial charge in [-0.15, -0.1) is 12.6 Å². The number of anilines is 1. The summed E-state index contributed by atoms with van der Waals surface area (Å²) in [5.74, 6) is -0.0682. The minimum atomic E-state index is -0.0682. The number of benzene rings is 2. The van der Waals surface area contributed by atoms with Gasteiger partial charge in [-0.1, -0.05) is 33.6 Å². The van der Waals surface area contributed by atoms with E-state index in [-0.39, 0.29) is 5.91 Å². The highest BCUT2D eigenvalue weighted by Crippen LogP contribution is 2.23. The molecule has 0 heterocycles. The molecule has 0 fully saturated rings. The molecule has 0 aliphatic heterocycles. The van der Waals surface area contributed by atoms with Crippen LogP contribution in [0.2, 0.25) is 0 Å². The van der Waals surface area contributed by atoms with Crippen LogP contribution in [-0.4, -0.2) is 13.0 Å². The molecule has 0 bridgehead atoms. The van der Waals surface area contributed by atoms with Crippen LogP contribution >= 0.6 is 28.6 Å². The van der Waals surface area contributed by atoms with Gasteiger partial charge in [-0.05, 0) is 37.3 Å². The fourth-order valence-corrected chi connectivity index (χ4v) is 2.60. The van der Waals surface area contributed by atoms with Crippen molar-refractivity contribution in [3.8, 4) is 0 Å². The van der Waals surface area contributed by atoms with E-state index >= 15 is 0 Å². The van der Waals surface area contributed by atoms with Gasteiger partial charge in [0.05, 0.1) is 5.56 Å². The van der Waals surface area contributed by atoms with Crippen LogP contribution in [-0.2, 0) is 0 Å². The lowest BCUT2D eigenvalue weighted by Gasteiger charge is -2.18. The summed E-state index contributed by atoms with van der Waals surface area (Å²) in [6, 6.07) is 13.3. The largest absolute Gasteiger partial charge is 0.311 e. The van der Waals surface area contributed by atoms with E-state index in [0.717, 1.165) is 10.2 Å². The molecule has 19 heavy (non-hydrogen) atoms. The summed E-state index contributed by atoms with van der Waals surface area (Å²) in [5.41, 5.74) is 2.63. The first-order valence-electron chi connectivity index (χ1n) is 5.82. The Morgan fingerprint density at radius 3 is 2.37 bits per heavy atom. The molecular weight excluding hydrogens is 322 g/mol. The van der Waals surface area contributed by atoms with Crippen molar-refractivity contribution in [2.24, 2.45) is 0 Å². The third kappa shape index (κ3) is 3.19. The Hall–Kier alpha value is -1.26. The second-order valence-electron chi connectivity index (χ2n) is 4.36. The zero-order chi connectivity index (χ0) is 14.0. The summed E-state index contributed by atoms with van der Waals surface area (Å²) in [6.45, 7) is 2.02. The normalized spacial score (nSPS) is 10.3. The first-order chi connectivity index (χ1) is 8.99. The number of hydrogen-bond donors (Lipinski definition) is 1. The van der Waals surface area contributed by atoms with Gasteiger partial charge < -0.3 is 4.90 Å². The molecular formula is C15H14BrNOS. The number of carbonyl (C=O) groups is 1. The Labute approximate surface area is 127 Å². The van der Waals surface area contributed by atoms with Gasteiger partial charge in [0, 0.05) is 22.1 Å². The molecule has 0 aromatic heterocycles. The molecule has 0 unspecified atom stereocenters. The molecule has 1 amide bonds. The lowest BCUT2D eigenvalue weighted by Crippen LogP contribution is -2.26. The monoisotopic (exact) mass is 335 g/mol. The van der Waals surface area contributed by atoms with E-state index in [1.54, 1.807) is 18.0 Å². The molecule has 2 aromatic carbocycles. The molecule has 4 heteroatoms. The van der Waals surface area contributed by atoms with Crippen molar-refractivity contribution in [2.75, 3.05) is 11.9 Å². The van der Waals surface area contributed by atoms with Gasteiger partial charge in [-0.2, -0.15) is 0 Å². The molecule has 0 N–H and O–H groups in total. The maximum Gasteiger partial charge on any atom is 0.259 e. The maximum atomic E-state index is 12.4. The third-order valence-electron chi connectivity index (χ3n) is 2.92. The molecule has 2 rings (SSSR count). The lowest BCUT2D eigenvalue weighted by molar-refractivity contribution is 0.0990. The Kier molecular flexibility index (Phi) is 4.32. The average molecular weight is 336 g/mol. The van der Waals surface area contributed by atoms with Gasteiger partial charge in [-0.25, -0.2) is 0 Å². The first-order valence-corrected chi connectivity index (χ1v) is 7.06. The van der Waals surface area contributed by atoms with Gasteiger partial charge in [-0.3, -0.25) is 4.79 Å². The molecule has 0 aliphatic rings. The number of thiol groups is 1. The molecule has 0 radical (unpaired) electrons. The Morgan fingerprint density at radius 1 is 1.16 bits per heavy atom. The standard InChI is InChI=1S/C15H14BrNOS/c1-10-3-6-12(7-4-10)17(2)15(18)13-8-5-11(16)9-14(13)19/h3-9,19H,1-2H3. The number of rotatable bonds is 2. The highest BCUT2D eigenvalue weighted by molar-refractivity contribution is 9.10. The van der Waals surface area contributed by atoms with Gasteiger partial charge in [0.1, 0.15) is 0 Å². The van der Waals surface area contributed by atoms with E-state index in [1.807, 2.05) is 43.3 Å². The molecule has 2 nitrogen and oxygen atoms in total. The van der Waals surface area contributed by atoms with Crippen LogP contribution in [0.4, 0.5) is 5.69 Å². The topological polar surface area (TPSA) is 20.3 Å². The van der Waals surface area contributed by atoms with Gasteiger partial charge in [0.25, 0.3) is 5.91 Å². The van der Waals surface area contributed by atoms with E-state index < -0.39 is 0 Å². The Morgan fingerprint density at radius 2 is 1.79 bits per heavy atom. The van der Waals surface area contributed by atoms with Crippen molar-refractivity contribution in [3.63, 3.8) is 0 Å². The van der Waals surface area contributed by atoms with Gasteiger partial charge >= 0.3 is 0 Å². The van der Waals surface area contributed by atoms with Crippen molar-refractivity contribution >= 4 is 40.2 Å². The van der Waals surface area contributed by atoms with Crippen LogP contribution < -0.4 is 4.90 Å². The van der Waals surface area contributed by atoms with Crippen molar-refractivity contribution in [1.29, 1.82) is 0 Å². The van der Waals surface area contributed by atoms with E-state index in [4.69, 9.17) is 0 Å². The van der Waals surface area contributed by atoms with Crippen molar-refractivity contribution in [1.82, 2.24) is 0 Å². The summed E-state index contributed by atoms with van der Waals surface area (Å²) in [5, 5.41) is 0. The molecule has 0 saturated heterocycles. The third-order valence-corrected chi connectivity index (χ3v) is 3.78. The van der Waals surface area contributed by atoms with Crippen molar-refractivity contribution in [3.05, 3.63) is 58.1 Å². The smallest absolute Gasteiger partial charge is 0.259 e. The van der Waals surface area contributed by atoms with Crippen LogP contribution in [0.1, 0.15) is 15.9 Å². The summed E-state index contributed by atoms with van der Waals surface area (Å²) in [7, 11) is 1.77. The number of amides is 1. The van der Waals surface area contributed by atoms with Gasteiger partial charge in [0.2, 0.25) is 0 Å². The highest BCUT2D eigenvalue weighted by Gasteiger charge is 2.15. The van der Waals surface area contributed by atoms with Crippen LogP contribution in [0.25, 0.3) is 0 Å². The predicted molar refractivity (Wildman–Crippen MR) is 85.3 cm³/mol. The molecule has 2 aromatic rings. The summed E-state index contributed by atoms with van der Waals surface area (Å²) in [4.78, 5) is 14.7.